The highest BCUT2D eigenvalue weighted by Crippen LogP contribution is 2.14. The van der Waals surface area contributed by atoms with E-state index >= 15 is 0 Å². The predicted molar refractivity (Wildman–Crippen MR) is 112 cm³/mol. The molecule has 10 heteroatoms. The lowest BCUT2D eigenvalue weighted by Crippen LogP contribution is -2.28. The number of nitrogens with zero attached hydrogens (tertiary/aromatic N) is 1. The zero-order valence-corrected chi connectivity index (χ0v) is 17.7. The second-order valence-electron chi connectivity index (χ2n) is 5.89. The van der Waals surface area contributed by atoms with Crippen molar-refractivity contribution in [3.8, 4) is 6.07 Å². The number of hydrogen-bond acceptors (Lipinski definition) is 5. The molecule has 0 spiro atoms. The molecule has 2 amide bonds. The fourth-order valence-corrected chi connectivity index (χ4v) is 3.55. The lowest BCUT2D eigenvalue weighted by molar-refractivity contribution is -0.116. The van der Waals surface area contributed by atoms with Crippen LogP contribution in [0.2, 0.25) is 0 Å². The summed E-state index contributed by atoms with van der Waals surface area (Å²) in [7, 11) is -3.72. The number of halogens is 1. The second kappa shape index (κ2) is 10.7. The first-order chi connectivity index (χ1) is 13.8. The van der Waals surface area contributed by atoms with E-state index in [2.05, 4.69) is 31.3 Å². The zero-order valence-electron chi connectivity index (χ0n) is 15.3. The number of hydrogen-bond donors (Lipinski definition) is 3. The van der Waals surface area contributed by atoms with Crippen molar-refractivity contribution in [2.75, 3.05) is 18.4 Å². The van der Waals surface area contributed by atoms with Crippen LogP contribution in [0.15, 0.2) is 57.9 Å². The summed E-state index contributed by atoms with van der Waals surface area (Å²) in [5, 5.41) is 13.8. The molecule has 2 aromatic carbocycles. The van der Waals surface area contributed by atoms with Crippen LogP contribution in [-0.2, 0) is 14.8 Å². The van der Waals surface area contributed by atoms with Gasteiger partial charge in [-0.05, 0) is 48.5 Å². The predicted octanol–water partition coefficient (Wildman–Crippen LogP) is 2.40. The van der Waals surface area contributed by atoms with Crippen molar-refractivity contribution in [1.82, 2.24) is 10.0 Å². The molecule has 0 heterocycles. The van der Waals surface area contributed by atoms with Gasteiger partial charge in [0.25, 0.3) is 5.91 Å². The van der Waals surface area contributed by atoms with Crippen LogP contribution in [0.3, 0.4) is 0 Å². The van der Waals surface area contributed by atoms with Crippen LogP contribution < -0.4 is 15.4 Å². The number of carbonyl (C=O) groups is 2. The minimum atomic E-state index is -3.72. The molecule has 2 aromatic rings. The van der Waals surface area contributed by atoms with E-state index in [4.69, 9.17) is 5.26 Å². The molecule has 0 aliphatic rings. The van der Waals surface area contributed by atoms with Crippen molar-refractivity contribution in [1.29, 1.82) is 5.26 Å². The van der Waals surface area contributed by atoms with Crippen LogP contribution in [-0.4, -0.2) is 33.3 Å². The monoisotopic (exact) mass is 478 g/mol. The maximum absolute atomic E-state index is 12.1. The van der Waals surface area contributed by atoms with Crippen LogP contribution in [0.1, 0.15) is 23.2 Å². The number of nitriles is 1. The summed E-state index contributed by atoms with van der Waals surface area (Å²) in [4.78, 5) is 24.1. The number of nitrogens with one attached hydrogen (secondary N) is 3. The Balaban J connectivity index is 1.82. The van der Waals surface area contributed by atoms with Gasteiger partial charge in [0.2, 0.25) is 15.9 Å². The van der Waals surface area contributed by atoms with Crippen LogP contribution in [0.4, 0.5) is 5.69 Å². The number of anilines is 1. The van der Waals surface area contributed by atoms with Gasteiger partial charge in [-0.15, -0.1) is 0 Å². The first-order valence-corrected chi connectivity index (χ1v) is 10.9. The summed E-state index contributed by atoms with van der Waals surface area (Å²) in [5.41, 5.74) is 0.930. The largest absolute Gasteiger partial charge is 0.352 e. The molecule has 2 rings (SSSR count). The molecular formula is C19H19BrN4O4S. The fraction of sp³-hybridized carbons (Fsp3) is 0.211. The lowest BCUT2D eigenvalue weighted by Gasteiger charge is -2.08. The molecule has 0 fully saturated rings. The van der Waals surface area contributed by atoms with E-state index in [1.165, 1.54) is 24.3 Å². The van der Waals surface area contributed by atoms with Crippen molar-refractivity contribution in [2.45, 2.75) is 17.7 Å². The first-order valence-electron chi connectivity index (χ1n) is 8.62. The Hall–Kier alpha value is -2.74. The number of amides is 2. The summed E-state index contributed by atoms with van der Waals surface area (Å²) < 4.78 is 27.3. The van der Waals surface area contributed by atoms with Crippen LogP contribution >= 0.6 is 15.9 Å². The van der Waals surface area contributed by atoms with Gasteiger partial charge in [-0.3, -0.25) is 9.59 Å². The highest BCUT2D eigenvalue weighted by atomic mass is 79.9. The molecule has 0 saturated carbocycles. The van der Waals surface area contributed by atoms with Gasteiger partial charge in [-0.1, -0.05) is 15.9 Å². The van der Waals surface area contributed by atoms with Crippen molar-refractivity contribution in [2.24, 2.45) is 0 Å². The smallest absolute Gasteiger partial charge is 0.251 e. The van der Waals surface area contributed by atoms with Crippen LogP contribution in [0.25, 0.3) is 0 Å². The van der Waals surface area contributed by atoms with Gasteiger partial charge in [0.15, 0.2) is 0 Å². The van der Waals surface area contributed by atoms with Crippen molar-refractivity contribution in [3.63, 3.8) is 0 Å². The third-order valence-electron chi connectivity index (χ3n) is 3.72. The molecule has 0 saturated heterocycles. The molecule has 0 aliphatic carbocycles. The SMILES string of the molecule is N#CCCNS(=O)(=O)c1ccc(C(=O)NCCC(=O)Nc2ccc(Br)cc2)cc1. The maximum Gasteiger partial charge on any atom is 0.251 e. The highest BCUT2D eigenvalue weighted by Gasteiger charge is 2.14. The van der Waals surface area contributed by atoms with Gasteiger partial charge in [0, 0.05) is 41.7 Å². The molecule has 0 radical (unpaired) electrons. The quantitative estimate of drug-likeness (QED) is 0.476. The molecule has 29 heavy (non-hydrogen) atoms. The van der Waals surface area contributed by atoms with Gasteiger partial charge in [-0.25, -0.2) is 13.1 Å². The number of benzene rings is 2. The fourth-order valence-electron chi connectivity index (χ4n) is 2.26. The Labute approximate surface area is 177 Å². The van der Waals surface area contributed by atoms with Gasteiger partial charge < -0.3 is 10.6 Å². The first kappa shape index (κ1) is 22.5. The van der Waals surface area contributed by atoms with E-state index in [9.17, 15) is 18.0 Å². The number of sulfonamides is 1. The standard InChI is InChI=1S/C19H19BrN4O4S/c20-15-4-6-16(7-5-15)24-18(25)10-13-22-19(26)14-2-8-17(9-3-14)29(27,28)23-12-1-11-21/h2-9,23H,1,10,12-13H2,(H,22,26)(H,24,25). The molecule has 3 N–H and O–H groups in total. The number of carbonyl (C=O) groups excluding carboxylic acids is 2. The van der Waals surface area contributed by atoms with E-state index < -0.39 is 15.9 Å². The Morgan fingerprint density at radius 3 is 2.28 bits per heavy atom. The van der Waals surface area contributed by atoms with Gasteiger partial charge in [0.05, 0.1) is 11.0 Å². The summed E-state index contributed by atoms with van der Waals surface area (Å²) in [6.45, 7) is 0.153. The second-order valence-corrected chi connectivity index (χ2v) is 8.57. The van der Waals surface area contributed by atoms with E-state index in [0.717, 1.165) is 4.47 Å². The van der Waals surface area contributed by atoms with E-state index in [0.29, 0.717) is 5.69 Å². The molecule has 8 nitrogen and oxygen atoms in total. The van der Waals surface area contributed by atoms with Gasteiger partial charge in [0.1, 0.15) is 0 Å². The molecule has 0 aromatic heterocycles. The summed E-state index contributed by atoms with van der Waals surface area (Å²) in [5.74, 6) is -0.652. The Kier molecular flexibility index (Phi) is 8.33. The Morgan fingerprint density at radius 1 is 1.00 bits per heavy atom. The van der Waals surface area contributed by atoms with E-state index in [1.807, 2.05) is 6.07 Å². The van der Waals surface area contributed by atoms with E-state index in [-0.39, 0.29) is 42.3 Å². The Bertz CT molecular complexity index is 1000. The van der Waals surface area contributed by atoms with Gasteiger partial charge >= 0.3 is 0 Å². The average molecular weight is 479 g/mol. The van der Waals surface area contributed by atoms with Crippen LogP contribution in [0.5, 0.6) is 0 Å². The van der Waals surface area contributed by atoms with Gasteiger partial charge in [-0.2, -0.15) is 5.26 Å². The van der Waals surface area contributed by atoms with Crippen molar-refractivity contribution >= 4 is 43.5 Å². The molecule has 0 atom stereocenters. The summed E-state index contributed by atoms with van der Waals surface area (Å²) >= 11 is 3.31. The van der Waals surface area contributed by atoms with Crippen molar-refractivity contribution in [3.05, 3.63) is 58.6 Å². The topological polar surface area (TPSA) is 128 Å². The molecule has 0 bridgehead atoms. The summed E-state index contributed by atoms with van der Waals surface area (Å²) in [6.07, 6.45) is 0.159. The molecule has 0 unspecified atom stereocenters. The maximum atomic E-state index is 12.1. The highest BCUT2D eigenvalue weighted by molar-refractivity contribution is 9.10. The molecule has 0 aliphatic heterocycles. The zero-order chi connectivity index (χ0) is 21.3. The third-order valence-corrected chi connectivity index (χ3v) is 5.73. The minimum Gasteiger partial charge on any atom is -0.352 e. The van der Waals surface area contributed by atoms with Crippen LogP contribution in [0, 0.1) is 11.3 Å². The average Bonchev–Trinajstić information content (AvgIpc) is 2.70. The normalized spacial score (nSPS) is 10.8. The third kappa shape index (κ3) is 7.30. The number of rotatable bonds is 9. The molecule has 152 valence electrons. The van der Waals surface area contributed by atoms with Crippen molar-refractivity contribution < 1.29 is 18.0 Å². The lowest BCUT2D eigenvalue weighted by atomic mass is 10.2. The summed E-state index contributed by atoms with van der Waals surface area (Å²) in [6, 6.07) is 14.4. The van der Waals surface area contributed by atoms with E-state index in [1.54, 1.807) is 24.3 Å². The molecular weight excluding hydrogens is 460 g/mol. The Morgan fingerprint density at radius 2 is 1.66 bits per heavy atom. The minimum absolute atomic E-state index is 0.000801.